The van der Waals surface area contributed by atoms with Gasteiger partial charge in [0.2, 0.25) is 0 Å². The first-order valence-electron chi connectivity index (χ1n) is 13.9. The molecule has 0 saturated heterocycles. The summed E-state index contributed by atoms with van der Waals surface area (Å²) < 4.78 is 17.7. The van der Waals surface area contributed by atoms with Gasteiger partial charge in [-0.3, -0.25) is 9.59 Å². The number of aryl methyl sites for hydroxylation is 1. The zero-order valence-electron chi connectivity index (χ0n) is 25.3. The van der Waals surface area contributed by atoms with Crippen LogP contribution in [0.25, 0.3) is 27.7 Å². The average Bonchev–Trinajstić information content (AvgIpc) is 2.98. The van der Waals surface area contributed by atoms with Crippen LogP contribution >= 0.6 is 0 Å². The van der Waals surface area contributed by atoms with E-state index in [0.29, 0.717) is 22.3 Å². The maximum Gasteiger partial charge on any atom is 0.283 e. The summed E-state index contributed by atoms with van der Waals surface area (Å²) >= 11 is 0. The molecule has 0 aliphatic rings. The summed E-state index contributed by atoms with van der Waals surface area (Å²) in [6.45, 7) is 8.93. The number of aliphatic hydroxyl groups excluding tert-OH is 1. The van der Waals surface area contributed by atoms with Crippen LogP contribution in [0.1, 0.15) is 51.3 Å². The van der Waals surface area contributed by atoms with Gasteiger partial charge in [-0.25, -0.2) is 14.4 Å². The standard InChI is InChI=1S/C33H32FN7O3/c1-32(2,3)22-11-19-14-38-41(31(44)28(19)25(34)13-22)29-24(17-42)23(9-10-36-29)20-12-26(30(43)40(6)16-20)39-27-8-7-21(15-37-27)33(4,5)18-35/h7-16,42H,17H2,1-6H3,(H,37,39). The Balaban J connectivity index is 1.60. The third-order valence-electron chi connectivity index (χ3n) is 7.62. The number of nitrogens with one attached hydrogen (secondary N) is 1. The number of hydrogen-bond donors (Lipinski definition) is 2. The molecule has 0 spiro atoms. The Bertz CT molecular complexity index is 2070. The number of pyridine rings is 3. The lowest BCUT2D eigenvalue weighted by molar-refractivity contribution is 0.281. The minimum Gasteiger partial charge on any atom is -0.392 e. The van der Waals surface area contributed by atoms with Crippen LogP contribution in [-0.4, -0.2) is 29.4 Å². The Hall–Kier alpha value is -5.21. The second kappa shape index (κ2) is 11.1. The molecule has 4 heterocycles. The molecule has 0 atom stereocenters. The van der Waals surface area contributed by atoms with Crippen molar-refractivity contribution in [2.24, 2.45) is 7.05 Å². The molecule has 0 amide bonds. The highest BCUT2D eigenvalue weighted by Crippen LogP contribution is 2.30. The zero-order valence-corrected chi connectivity index (χ0v) is 25.3. The molecule has 4 aromatic heterocycles. The first-order valence-corrected chi connectivity index (χ1v) is 13.9. The molecule has 0 aliphatic carbocycles. The number of anilines is 2. The second-order valence-electron chi connectivity index (χ2n) is 12.2. The summed E-state index contributed by atoms with van der Waals surface area (Å²) in [6.07, 6.45) is 6.05. The highest BCUT2D eigenvalue weighted by molar-refractivity contribution is 5.83. The van der Waals surface area contributed by atoms with Crippen LogP contribution in [0.4, 0.5) is 15.9 Å². The summed E-state index contributed by atoms with van der Waals surface area (Å²) in [5.74, 6) is -0.225. The van der Waals surface area contributed by atoms with Crippen LogP contribution in [0.5, 0.6) is 0 Å². The summed E-state index contributed by atoms with van der Waals surface area (Å²) in [5.41, 5.74) is 0.887. The molecule has 2 N–H and O–H groups in total. The Morgan fingerprint density at radius 3 is 2.39 bits per heavy atom. The highest BCUT2D eigenvalue weighted by Gasteiger charge is 2.22. The Kier molecular flexibility index (Phi) is 7.65. The number of fused-ring (bicyclic) bond motifs is 1. The van der Waals surface area contributed by atoms with Crippen LogP contribution in [-0.2, 0) is 24.5 Å². The van der Waals surface area contributed by atoms with Crippen molar-refractivity contribution < 1.29 is 9.50 Å². The largest absolute Gasteiger partial charge is 0.392 e. The number of nitriles is 1. The minimum absolute atomic E-state index is 0.0388. The van der Waals surface area contributed by atoms with Gasteiger partial charge in [-0.2, -0.15) is 15.0 Å². The summed E-state index contributed by atoms with van der Waals surface area (Å²) in [4.78, 5) is 35.3. The lowest BCUT2D eigenvalue weighted by Gasteiger charge is -2.20. The number of aliphatic hydroxyl groups is 1. The maximum absolute atomic E-state index is 15.3. The predicted octanol–water partition coefficient (Wildman–Crippen LogP) is 5.02. The van der Waals surface area contributed by atoms with Crippen molar-refractivity contribution in [2.75, 3.05) is 5.32 Å². The van der Waals surface area contributed by atoms with Gasteiger partial charge in [0.25, 0.3) is 11.1 Å². The normalized spacial score (nSPS) is 11.9. The van der Waals surface area contributed by atoms with E-state index in [2.05, 4.69) is 26.5 Å². The molecule has 0 aliphatic heterocycles. The Morgan fingerprint density at radius 2 is 1.75 bits per heavy atom. The molecular weight excluding hydrogens is 561 g/mol. The maximum atomic E-state index is 15.3. The molecule has 0 fully saturated rings. The highest BCUT2D eigenvalue weighted by atomic mass is 19.1. The van der Waals surface area contributed by atoms with E-state index in [-0.39, 0.29) is 33.4 Å². The Morgan fingerprint density at radius 1 is 1.00 bits per heavy atom. The van der Waals surface area contributed by atoms with Gasteiger partial charge in [-0.15, -0.1) is 0 Å². The van der Waals surface area contributed by atoms with Gasteiger partial charge in [0, 0.05) is 42.2 Å². The van der Waals surface area contributed by atoms with Gasteiger partial charge >= 0.3 is 0 Å². The monoisotopic (exact) mass is 593 g/mol. The second-order valence-corrected chi connectivity index (χ2v) is 12.2. The lowest BCUT2D eigenvalue weighted by Crippen LogP contribution is -2.25. The molecule has 44 heavy (non-hydrogen) atoms. The van der Waals surface area contributed by atoms with Gasteiger partial charge in [0.15, 0.2) is 5.82 Å². The number of halogens is 1. The van der Waals surface area contributed by atoms with Gasteiger partial charge in [0.1, 0.15) is 17.3 Å². The Labute approximate surface area is 253 Å². The third-order valence-corrected chi connectivity index (χ3v) is 7.62. The van der Waals surface area contributed by atoms with E-state index in [1.165, 1.54) is 23.0 Å². The van der Waals surface area contributed by atoms with E-state index >= 15 is 4.39 Å². The first kappa shape index (κ1) is 30.3. The third kappa shape index (κ3) is 5.47. The number of aromatic nitrogens is 5. The molecule has 0 unspecified atom stereocenters. The van der Waals surface area contributed by atoms with E-state index in [4.69, 9.17) is 0 Å². The van der Waals surface area contributed by atoms with Crippen LogP contribution in [0.2, 0.25) is 0 Å². The summed E-state index contributed by atoms with van der Waals surface area (Å²) in [6, 6.07) is 12.1. The lowest BCUT2D eigenvalue weighted by atomic mass is 9.86. The van der Waals surface area contributed by atoms with Crippen molar-refractivity contribution in [3.05, 3.63) is 104 Å². The summed E-state index contributed by atoms with van der Waals surface area (Å²) in [7, 11) is 1.59. The molecule has 0 saturated carbocycles. The molecule has 224 valence electrons. The van der Waals surface area contributed by atoms with Crippen molar-refractivity contribution >= 4 is 22.3 Å². The molecule has 5 aromatic rings. The minimum atomic E-state index is -0.718. The van der Waals surface area contributed by atoms with E-state index in [1.807, 2.05) is 20.8 Å². The fraction of sp³-hybridized carbons (Fsp3) is 0.273. The molecule has 0 radical (unpaired) electrons. The molecule has 5 rings (SSSR count). The molecule has 10 nitrogen and oxygen atoms in total. The topological polar surface area (TPSA) is 139 Å². The quantitative estimate of drug-likeness (QED) is 0.280. The number of benzene rings is 1. The molecular formula is C33H32FN7O3. The van der Waals surface area contributed by atoms with Crippen molar-refractivity contribution in [3.63, 3.8) is 0 Å². The fourth-order valence-electron chi connectivity index (χ4n) is 4.90. The van der Waals surface area contributed by atoms with Crippen molar-refractivity contribution in [2.45, 2.75) is 52.1 Å². The van der Waals surface area contributed by atoms with Crippen LogP contribution in [0, 0.1) is 17.1 Å². The average molecular weight is 594 g/mol. The summed E-state index contributed by atoms with van der Waals surface area (Å²) in [5, 5.41) is 27.4. The van der Waals surface area contributed by atoms with Gasteiger partial charge in [-0.05, 0) is 66.3 Å². The van der Waals surface area contributed by atoms with Crippen LogP contribution in [0.15, 0.2) is 70.8 Å². The van der Waals surface area contributed by atoms with Crippen molar-refractivity contribution in [1.29, 1.82) is 5.26 Å². The smallest absolute Gasteiger partial charge is 0.283 e. The van der Waals surface area contributed by atoms with E-state index in [9.17, 15) is 20.0 Å². The van der Waals surface area contributed by atoms with Crippen LogP contribution in [0.3, 0.4) is 0 Å². The van der Waals surface area contributed by atoms with Crippen molar-refractivity contribution in [3.8, 4) is 23.0 Å². The van der Waals surface area contributed by atoms with E-state index < -0.39 is 23.4 Å². The number of nitrogens with zero attached hydrogens (tertiary/aromatic N) is 6. The predicted molar refractivity (Wildman–Crippen MR) is 167 cm³/mol. The number of hydrogen-bond acceptors (Lipinski definition) is 8. The molecule has 11 heteroatoms. The SMILES string of the molecule is Cn1cc(-c2ccnc(-n3ncc4cc(C(C)(C)C)cc(F)c4c3=O)c2CO)cc(Nc2ccc(C(C)(C)C#N)cn2)c1=O. The molecule has 0 bridgehead atoms. The van der Waals surface area contributed by atoms with Gasteiger partial charge in [-0.1, -0.05) is 26.8 Å². The fourth-order valence-corrected chi connectivity index (χ4v) is 4.90. The van der Waals surface area contributed by atoms with E-state index in [0.717, 1.165) is 15.8 Å². The number of rotatable bonds is 6. The van der Waals surface area contributed by atoms with Crippen LogP contribution < -0.4 is 16.4 Å². The van der Waals surface area contributed by atoms with Gasteiger partial charge < -0.3 is 15.0 Å². The molecule has 1 aromatic carbocycles. The van der Waals surface area contributed by atoms with Crippen molar-refractivity contribution in [1.82, 2.24) is 24.3 Å². The first-order chi connectivity index (χ1) is 20.7. The zero-order chi connectivity index (χ0) is 32.0. The van der Waals surface area contributed by atoms with Gasteiger partial charge in [0.05, 0.1) is 29.7 Å². The van der Waals surface area contributed by atoms with E-state index in [1.54, 1.807) is 63.6 Å².